The summed E-state index contributed by atoms with van der Waals surface area (Å²) in [5, 5.41) is 1.91. The van der Waals surface area contributed by atoms with Gasteiger partial charge in [0.15, 0.2) is 0 Å². The zero-order chi connectivity index (χ0) is 14.6. The number of halogens is 3. The van der Waals surface area contributed by atoms with Crippen LogP contribution in [-0.2, 0) is 11.2 Å². The second-order valence-corrected chi connectivity index (χ2v) is 4.27. The van der Waals surface area contributed by atoms with Crippen molar-refractivity contribution in [2.75, 3.05) is 5.32 Å². The number of hydrogen-bond acceptors (Lipinski definition) is 1. The molecule has 2 rings (SSSR count). The van der Waals surface area contributed by atoms with Crippen molar-refractivity contribution in [3.8, 4) is 0 Å². The normalized spacial score (nSPS) is 11.2. The van der Waals surface area contributed by atoms with Crippen molar-refractivity contribution < 1.29 is 18.0 Å². The average molecular weight is 279 g/mol. The molecule has 0 aromatic heterocycles. The minimum Gasteiger partial charge on any atom is -0.318 e. The predicted octanol–water partition coefficient (Wildman–Crippen LogP) is 3.78. The highest BCUT2D eigenvalue weighted by Gasteiger charge is 2.38. The number of rotatable bonds is 3. The van der Waals surface area contributed by atoms with Crippen molar-refractivity contribution >= 4 is 11.6 Å². The Kier molecular flexibility index (Phi) is 4.08. The zero-order valence-corrected chi connectivity index (χ0v) is 10.4. The Balaban J connectivity index is 2.21. The van der Waals surface area contributed by atoms with E-state index in [1.807, 2.05) is 35.6 Å². The van der Waals surface area contributed by atoms with Crippen LogP contribution in [0.5, 0.6) is 0 Å². The van der Waals surface area contributed by atoms with Crippen molar-refractivity contribution in [3.05, 3.63) is 65.7 Å². The fourth-order valence-corrected chi connectivity index (χ4v) is 1.81. The van der Waals surface area contributed by atoms with E-state index in [0.29, 0.717) is 12.0 Å². The lowest BCUT2D eigenvalue weighted by Gasteiger charge is -2.12. The molecule has 0 atom stereocenters. The van der Waals surface area contributed by atoms with E-state index in [1.54, 1.807) is 18.2 Å². The highest BCUT2D eigenvalue weighted by molar-refractivity contribution is 5.95. The van der Waals surface area contributed by atoms with Crippen LogP contribution in [0.4, 0.5) is 18.9 Å². The molecule has 0 aliphatic carbocycles. The van der Waals surface area contributed by atoms with E-state index in [9.17, 15) is 18.0 Å². The van der Waals surface area contributed by atoms with Crippen molar-refractivity contribution in [2.45, 2.75) is 12.6 Å². The summed E-state index contributed by atoms with van der Waals surface area (Å²) in [6, 6.07) is 15.8. The number of para-hydroxylation sites is 1. The van der Waals surface area contributed by atoms with Gasteiger partial charge in [-0.25, -0.2) is 0 Å². The summed E-state index contributed by atoms with van der Waals surface area (Å²) in [5.41, 5.74) is 1.77. The van der Waals surface area contributed by atoms with Crippen LogP contribution in [0.2, 0.25) is 0 Å². The van der Waals surface area contributed by atoms with Crippen molar-refractivity contribution in [1.29, 1.82) is 0 Å². The molecule has 0 radical (unpaired) electrons. The third-order valence-electron chi connectivity index (χ3n) is 2.76. The van der Waals surface area contributed by atoms with Crippen LogP contribution >= 0.6 is 0 Å². The molecule has 0 fully saturated rings. The lowest BCUT2D eigenvalue weighted by atomic mass is 10.0. The summed E-state index contributed by atoms with van der Waals surface area (Å²) in [6.07, 6.45) is -4.44. The Hall–Kier alpha value is -2.30. The summed E-state index contributed by atoms with van der Waals surface area (Å²) in [5.74, 6) is -1.96. The Morgan fingerprint density at radius 3 is 2.20 bits per heavy atom. The maximum atomic E-state index is 12.3. The van der Waals surface area contributed by atoms with Gasteiger partial charge in [-0.05, 0) is 23.6 Å². The third kappa shape index (κ3) is 3.60. The van der Waals surface area contributed by atoms with Gasteiger partial charge < -0.3 is 5.32 Å². The highest BCUT2D eigenvalue weighted by Crippen LogP contribution is 2.22. The van der Waals surface area contributed by atoms with E-state index in [4.69, 9.17) is 0 Å². The number of alkyl halides is 3. The molecule has 1 amide bonds. The number of anilines is 1. The van der Waals surface area contributed by atoms with Gasteiger partial charge in [0, 0.05) is 5.69 Å². The highest BCUT2D eigenvalue weighted by atomic mass is 19.4. The molecule has 5 heteroatoms. The molecule has 2 aromatic carbocycles. The van der Waals surface area contributed by atoms with Gasteiger partial charge in [0.2, 0.25) is 0 Å². The smallest absolute Gasteiger partial charge is 0.318 e. The molecule has 0 aliphatic rings. The average Bonchev–Trinajstić information content (AvgIpc) is 2.41. The molecule has 0 unspecified atom stereocenters. The lowest BCUT2D eigenvalue weighted by Crippen LogP contribution is -2.30. The number of carbonyl (C=O) groups is 1. The van der Waals surface area contributed by atoms with Gasteiger partial charge in [-0.15, -0.1) is 0 Å². The van der Waals surface area contributed by atoms with Gasteiger partial charge in [0.1, 0.15) is 0 Å². The van der Waals surface area contributed by atoms with Crippen LogP contribution in [-0.4, -0.2) is 12.1 Å². The zero-order valence-electron chi connectivity index (χ0n) is 10.4. The molecule has 0 aliphatic heterocycles. The predicted molar refractivity (Wildman–Crippen MR) is 70.4 cm³/mol. The molecule has 0 saturated heterocycles. The van der Waals surface area contributed by atoms with Gasteiger partial charge in [-0.2, -0.15) is 13.2 Å². The SMILES string of the molecule is O=C(Nc1ccccc1Cc1ccccc1)C(F)(F)F. The van der Waals surface area contributed by atoms with Crippen molar-refractivity contribution in [3.63, 3.8) is 0 Å². The molecule has 104 valence electrons. The van der Waals surface area contributed by atoms with E-state index in [0.717, 1.165) is 5.56 Å². The fraction of sp³-hybridized carbons (Fsp3) is 0.133. The molecule has 0 saturated carbocycles. The molecule has 2 aromatic rings. The lowest BCUT2D eigenvalue weighted by molar-refractivity contribution is -0.167. The first kappa shape index (κ1) is 14.1. The summed E-state index contributed by atoms with van der Waals surface area (Å²) < 4.78 is 36.8. The molecule has 1 N–H and O–H groups in total. The summed E-state index contributed by atoms with van der Waals surface area (Å²) in [4.78, 5) is 11.0. The van der Waals surface area contributed by atoms with E-state index in [2.05, 4.69) is 0 Å². The largest absolute Gasteiger partial charge is 0.471 e. The van der Waals surface area contributed by atoms with Crippen LogP contribution in [0.3, 0.4) is 0 Å². The Labute approximate surface area is 114 Å². The van der Waals surface area contributed by atoms with Gasteiger partial charge in [-0.1, -0.05) is 48.5 Å². The van der Waals surface area contributed by atoms with Gasteiger partial charge in [0.05, 0.1) is 0 Å². The molecule has 20 heavy (non-hydrogen) atoms. The van der Waals surface area contributed by atoms with Gasteiger partial charge >= 0.3 is 12.1 Å². The number of nitrogens with one attached hydrogen (secondary N) is 1. The first-order valence-corrected chi connectivity index (χ1v) is 5.97. The van der Waals surface area contributed by atoms with Gasteiger partial charge in [-0.3, -0.25) is 4.79 Å². The number of benzene rings is 2. The second kappa shape index (κ2) is 5.77. The first-order valence-electron chi connectivity index (χ1n) is 5.97. The minimum absolute atomic E-state index is 0.179. The van der Waals surface area contributed by atoms with Crippen molar-refractivity contribution in [2.24, 2.45) is 0 Å². The molecular formula is C15H12F3NO. The molecule has 0 heterocycles. The number of amides is 1. The molecule has 0 bridgehead atoms. The maximum absolute atomic E-state index is 12.3. The quantitative estimate of drug-likeness (QED) is 0.910. The Bertz CT molecular complexity index is 594. The van der Waals surface area contributed by atoms with Crippen LogP contribution in [0.1, 0.15) is 11.1 Å². The third-order valence-corrected chi connectivity index (χ3v) is 2.76. The first-order chi connectivity index (χ1) is 9.47. The molecule has 0 spiro atoms. The number of hydrogen-bond donors (Lipinski definition) is 1. The molecular weight excluding hydrogens is 267 g/mol. The second-order valence-electron chi connectivity index (χ2n) is 4.27. The molecule has 2 nitrogen and oxygen atoms in total. The van der Waals surface area contributed by atoms with E-state index >= 15 is 0 Å². The maximum Gasteiger partial charge on any atom is 0.471 e. The Morgan fingerprint density at radius 1 is 0.950 bits per heavy atom. The minimum atomic E-state index is -4.89. The van der Waals surface area contributed by atoms with E-state index in [1.165, 1.54) is 6.07 Å². The van der Waals surface area contributed by atoms with Crippen molar-refractivity contribution in [1.82, 2.24) is 0 Å². The Morgan fingerprint density at radius 2 is 1.55 bits per heavy atom. The van der Waals surface area contributed by atoms with E-state index in [-0.39, 0.29) is 5.69 Å². The topological polar surface area (TPSA) is 29.1 Å². The standard InChI is InChI=1S/C15H12F3NO/c16-15(17,18)14(20)19-13-9-5-4-8-12(13)10-11-6-2-1-3-7-11/h1-9H,10H2,(H,19,20). The monoisotopic (exact) mass is 279 g/mol. The fourth-order valence-electron chi connectivity index (χ4n) is 1.81. The van der Waals surface area contributed by atoms with Crippen LogP contribution in [0, 0.1) is 0 Å². The van der Waals surface area contributed by atoms with Crippen LogP contribution in [0.25, 0.3) is 0 Å². The summed E-state index contributed by atoms with van der Waals surface area (Å²) >= 11 is 0. The van der Waals surface area contributed by atoms with Crippen LogP contribution < -0.4 is 5.32 Å². The summed E-state index contributed by atoms with van der Waals surface area (Å²) in [6.45, 7) is 0. The van der Waals surface area contributed by atoms with Crippen LogP contribution in [0.15, 0.2) is 54.6 Å². The number of carbonyl (C=O) groups excluding carboxylic acids is 1. The summed E-state index contributed by atoms with van der Waals surface area (Å²) in [7, 11) is 0. The van der Waals surface area contributed by atoms with Gasteiger partial charge in [0.25, 0.3) is 0 Å². The van der Waals surface area contributed by atoms with E-state index < -0.39 is 12.1 Å².